The summed E-state index contributed by atoms with van der Waals surface area (Å²) < 4.78 is 25.1. The molecule has 2 aliphatic carbocycles. The number of carbonyl (C=O) groups is 2. The highest BCUT2D eigenvalue weighted by atomic mass is 35.5. The molecule has 13 rings (SSSR count). The van der Waals surface area contributed by atoms with Crippen LogP contribution in [0.25, 0.3) is 0 Å². The predicted octanol–water partition coefficient (Wildman–Crippen LogP) is 14.3. The maximum atomic E-state index is 14.4. The van der Waals surface area contributed by atoms with Crippen LogP contribution >= 0.6 is 11.6 Å². The number of para-hydroxylation sites is 1. The van der Waals surface area contributed by atoms with E-state index in [0.29, 0.717) is 60.2 Å². The second-order valence-corrected chi connectivity index (χ2v) is 26.2. The van der Waals surface area contributed by atoms with Gasteiger partial charge in [0.1, 0.15) is 17.3 Å². The SMILES string of the molecule is CCCC1CCC(N2CCC3(CC2)CNc2ccccc23)CC1.CCOC(=O)N1CCC(N2CCC3(CC2)CN(C(=O)c2cc(C)oc2C)c2ccc(F)cc23)CC1.Clc1ccc2c(c1)C1(CCN(C3CCCCCC3)CC1)CN2. The number of anilines is 3. The maximum Gasteiger partial charge on any atom is 0.409 e. The fourth-order valence-electron chi connectivity index (χ4n) is 16.5. The second-order valence-electron chi connectivity index (χ2n) is 25.8. The molecule has 80 heavy (non-hydrogen) atoms. The van der Waals surface area contributed by atoms with E-state index in [1.54, 1.807) is 28.7 Å². The molecule has 6 fully saturated rings. The van der Waals surface area contributed by atoms with Crippen molar-refractivity contribution in [3.8, 4) is 0 Å². The fraction of sp³-hybridized carbons (Fsp3) is 0.642. The van der Waals surface area contributed by atoms with Crippen LogP contribution in [0.2, 0.25) is 5.02 Å². The van der Waals surface area contributed by atoms with Gasteiger partial charge >= 0.3 is 6.09 Å². The van der Waals surface area contributed by atoms with Gasteiger partial charge in [-0.3, -0.25) is 4.79 Å². The van der Waals surface area contributed by atoms with Crippen molar-refractivity contribution >= 4 is 40.7 Å². The summed E-state index contributed by atoms with van der Waals surface area (Å²) in [5, 5.41) is 8.15. The number of piperidine rings is 4. The third-order valence-corrected chi connectivity index (χ3v) is 21.5. The van der Waals surface area contributed by atoms with Crippen molar-refractivity contribution in [2.45, 2.75) is 190 Å². The Hall–Kier alpha value is -4.62. The van der Waals surface area contributed by atoms with E-state index in [9.17, 15) is 14.0 Å². The molecule has 9 aliphatic rings. The van der Waals surface area contributed by atoms with Gasteiger partial charge in [-0.15, -0.1) is 0 Å². The zero-order valence-corrected chi connectivity index (χ0v) is 49.7. The average Bonchev–Trinajstić information content (AvgIpc) is 4.19. The molecule has 8 heterocycles. The molecule has 4 saturated heterocycles. The molecule has 0 unspecified atom stereocenters. The van der Waals surface area contributed by atoms with E-state index in [2.05, 4.69) is 68.7 Å². The number of nitrogens with one attached hydrogen (secondary N) is 2. The molecule has 1 aromatic heterocycles. The number of benzene rings is 3. The van der Waals surface area contributed by atoms with Crippen molar-refractivity contribution in [1.29, 1.82) is 0 Å². The highest BCUT2D eigenvalue weighted by Gasteiger charge is 2.49. The molecule has 2 amide bonds. The van der Waals surface area contributed by atoms with Crippen molar-refractivity contribution in [1.82, 2.24) is 19.6 Å². The van der Waals surface area contributed by atoms with Crippen LogP contribution in [0.3, 0.4) is 0 Å². The van der Waals surface area contributed by atoms with Crippen molar-refractivity contribution < 1.29 is 23.1 Å². The molecule has 0 bridgehead atoms. The summed E-state index contributed by atoms with van der Waals surface area (Å²) in [6.07, 6.45) is 25.9. The molecule has 3 aromatic carbocycles. The third-order valence-electron chi connectivity index (χ3n) is 21.2. The number of fused-ring (bicyclic) bond motifs is 6. The van der Waals surface area contributed by atoms with Crippen LogP contribution in [0.4, 0.5) is 26.2 Å². The van der Waals surface area contributed by atoms with Gasteiger partial charge in [-0.2, -0.15) is 0 Å². The Labute approximate surface area is 483 Å². The summed E-state index contributed by atoms with van der Waals surface area (Å²) >= 11 is 6.26. The Morgan fingerprint density at radius 1 is 0.637 bits per heavy atom. The van der Waals surface area contributed by atoms with E-state index in [4.69, 9.17) is 20.8 Å². The summed E-state index contributed by atoms with van der Waals surface area (Å²) in [4.78, 5) is 37.3. The number of ether oxygens (including phenoxy) is 1. The van der Waals surface area contributed by atoms with Gasteiger partial charge in [0.25, 0.3) is 5.91 Å². The maximum absolute atomic E-state index is 14.4. The summed E-state index contributed by atoms with van der Waals surface area (Å²) in [7, 11) is 0. The first kappa shape index (κ1) is 57.2. The molecule has 2 saturated carbocycles. The quantitative estimate of drug-likeness (QED) is 0.175. The molecule has 11 nitrogen and oxygen atoms in total. The van der Waals surface area contributed by atoms with Crippen molar-refractivity contribution in [2.75, 3.05) is 94.1 Å². The lowest BCUT2D eigenvalue weighted by atomic mass is 9.73. The molecule has 0 radical (unpaired) electrons. The van der Waals surface area contributed by atoms with Crippen LogP contribution < -0.4 is 15.5 Å². The first-order chi connectivity index (χ1) is 38.9. The number of furan rings is 1. The van der Waals surface area contributed by atoms with E-state index in [-0.39, 0.29) is 23.2 Å². The molecular formula is C67H93ClFN7O4. The molecule has 2 N–H and O–H groups in total. The van der Waals surface area contributed by atoms with Gasteiger partial charge < -0.3 is 44.3 Å². The number of nitrogens with zero attached hydrogens (tertiary/aromatic N) is 5. The highest BCUT2D eigenvalue weighted by molar-refractivity contribution is 6.30. The number of aryl methyl sites for hydroxylation is 2. The average molecular weight is 1110 g/mol. The largest absolute Gasteiger partial charge is 0.466 e. The Kier molecular flexibility index (Phi) is 17.9. The minimum Gasteiger partial charge on any atom is -0.466 e. The van der Waals surface area contributed by atoms with Crippen LogP contribution in [0, 0.1) is 25.6 Å². The number of hydrogen-bond acceptors (Lipinski definition) is 9. The predicted molar refractivity (Wildman–Crippen MR) is 322 cm³/mol. The van der Waals surface area contributed by atoms with Gasteiger partial charge in [0.15, 0.2) is 0 Å². The summed E-state index contributed by atoms with van der Waals surface area (Å²) in [5.41, 5.74) is 8.60. The third kappa shape index (κ3) is 12.1. The van der Waals surface area contributed by atoms with Crippen LogP contribution in [0.15, 0.2) is 71.1 Å². The van der Waals surface area contributed by atoms with E-state index in [0.717, 1.165) is 86.1 Å². The molecule has 434 valence electrons. The summed E-state index contributed by atoms with van der Waals surface area (Å²) in [5.74, 6) is 2.00. The number of rotatable bonds is 7. The van der Waals surface area contributed by atoms with E-state index in [1.165, 1.54) is 152 Å². The van der Waals surface area contributed by atoms with Crippen molar-refractivity contribution in [2.24, 2.45) is 5.92 Å². The lowest BCUT2D eigenvalue weighted by Gasteiger charge is -2.45. The smallest absolute Gasteiger partial charge is 0.409 e. The van der Waals surface area contributed by atoms with Gasteiger partial charge in [-0.1, -0.05) is 75.2 Å². The Morgan fingerprint density at radius 2 is 1.21 bits per heavy atom. The number of hydrogen-bond donors (Lipinski definition) is 2. The van der Waals surface area contributed by atoms with Crippen LogP contribution in [-0.4, -0.2) is 128 Å². The van der Waals surface area contributed by atoms with E-state index in [1.807, 2.05) is 31.7 Å². The van der Waals surface area contributed by atoms with Gasteiger partial charge in [-0.25, -0.2) is 9.18 Å². The summed E-state index contributed by atoms with van der Waals surface area (Å²) in [6, 6.07) is 24.1. The molecule has 3 spiro atoms. The zero-order valence-electron chi connectivity index (χ0n) is 48.9. The van der Waals surface area contributed by atoms with Gasteiger partial charge in [0.05, 0.1) is 12.2 Å². The van der Waals surface area contributed by atoms with Crippen LogP contribution in [0.1, 0.15) is 181 Å². The van der Waals surface area contributed by atoms with Crippen molar-refractivity contribution in [3.63, 3.8) is 0 Å². The topological polar surface area (TPSA) is 96.8 Å². The first-order valence-corrected chi connectivity index (χ1v) is 32.0. The standard InChI is InChI=1S/C27H34FN3O4.C21H32N2.C19H27ClN2/c1-4-34-26(33)30-11-7-21(8-12-30)29-13-9-27(10-14-29)17-31(24-6-5-20(28)16-23(24)27)25(32)22-15-18(2)35-19(22)3;1-2-5-17-8-10-18(11-9-17)23-14-12-21(13-15-23)16-22-20-7-4-3-6-19(20)21;20-15-7-8-18-17(13-15)19(14-21-18)9-11-22(12-10-19)16-5-3-1-2-4-6-16/h5-6,15-16,21H,4,7-14,17H2,1-3H3;3-4,6-7,17-18,22H,2,5,8-16H2,1H3;7-8,13,16,21H,1-6,9-12,14H2. The lowest BCUT2D eigenvalue weighted by molar-refractivity contribution is 0.0576. The lowest BCUT2D eigenvalue weighted by Crippen LogP contribution is -2.52. The van der Waals surface area contributed by atoms with E-state index >= 15 is 0 Å². The monoisotopic (exact) mass is 1110 g/mol. The fourth-order valence-corrected chi connectivity index (χ4v) is 16.6. The minimum absolute atomic E-state index is 0.0853. The number of likely N-dealkylation sites (tertiary alicyclic amines) is 4. The zero-order chi connectivity index (χ0) is 55.4. The molecular weight excluding hydrogens is 1020 g/mol. The van der Waals surface area contributed by atoms with Crippen LogP contribution in [0.5, 0.6) is 0 Å². The van der Waals surface area contributed by atoms with E-state index < -0.39 is 0 Å². The highest BCUT2D eigenvalue weighted by Crippen LogP contribution is 2.50. The Balaban J connectivity index is 0.000000132. The molecule has 0 atom stereocenters. The number of carbonyl (C=O) groups excluding carboxylic acids is 2. The van der Waals surface area contributed by atoms with Gasteiger partial charge in [-0.05, 0) is 221 Å². The van der Waals surface area contributed by atoms with Gasteiger partial charge in [0, 0.05) is 89.2 Å². The Bertz CT molecular complexity index is 2740. The molecule has 13 heteroatoms. The minimum atomic E-state index is -0.262. The normalized spacial score (nSPS) is 24.6. The first-order valence-electron chi connectivity index (χ1n) is 31.6. The van der Waals surface area contributed by atoms with Crippen molar-refractivity contribution in [3.05, 3.63) is 111 Å². The van der Waals surface area contributed by atoms with Gasteiger partial charge in [0.2, 0.25) is 0 Å². The van der Waals surface area contributed by atoms with Crippen LogP contribution in [-0.2, 0) is 21.0 Å². The molecule has 7 aliphatic heterocycles. The number of amides is 2. The number of halogens is 2. The second kappa shape index (κ2) is 25.1. The Morgan fingerprint density at radius 3 is 1.81 bits per heavy atom. The molecule has 4 aromatic rings. The summed E-state index contributed by atoms with van der Waals surface area (Å²) in [6.45, 7) is 19.4.